The Morgan fingerprint density at radius 3 is 2.22 bits per heavy atom. The molecule has 3 N–H and O–H groups in total. The smallest absolute Gasteiger partial charge is 0.306 e. The lowest BCUT2D eigenvalue weighted by Gasteiger charge is -2.37. The maximum absolute atomic E-state index is 13.9. The number of nitrogens with zero attached hydrogens (tertiary/aromatic N) is 6. The number of hydrogen-bond donors (Lipinski definition) is 3. The van der Waals surface area contributed by atoms with E-state index in [0.29, 0.717) is 40.9 Å². The summed E-state index contributed by atoms with van der Waals surface area (Å²) in [7, 11) is 3.84. The Labute approximate surface area is 345 Å². The third-order valence-corrected chi connectivity index (χ3v) is 14.0. The van der Waals surface area contributed by atoms with Crippen molar-refractivity contribution in [1.82, 2.24) is 28.9 Å². The molecule has 0 saturated heterocycles. The molecule has 12 nitrogen and oxygen atoms in total. The molecule has 0 radical (unpaired) electrons. The Kier molecular flexibility index (Phi) is 11.9. The number of aliphatic hydroxyl groups is 1. The highest BCUT2D eigenvalue weighted by atomic mass is 35.5. The largest absolute Gasteiger partial charge is 0.481 e. The molecule has 2 saturated carbocycles. The van der Waals surface area contributed by atoms with Crippen molar-refractivity contribution in [1.29, 1.82) is 0 Å². The van der Waals surface area contributed by atoms with Gasteiger partial charge in [0.1, 0.15) is 0 Å². The zero-order valence-electron chi connectivity index (χ0n) is 34.0. The SMILES string of the molecule is Cc1c(CC(=O)c2nc3c(n2C)CCN(C2CCC(O)CC2)C3)cccc1-c1cccc(NC(=O)c2nc3c(n2C)CCN(CCC2CCC(C(=O)O)CC2)C3)c1Cl. The van der Waals surface area contributed by atoms with Crippen LogP contribution >= 0.6 is 11.6 Å². The van der Waals surface area contributed by atoms with Crippen LogP contribution in [0.2, 0.25) is 5.02 Å². The van der Waals surface area contributed by atoms with Crippen molar-refractivity contribution in [2.24, 2.45) is 25.9 Å². The lowest BCUT2D eigenvalue weighted by molar-refractivity contribution is -0.143. The molecule has 2 aliphatic heterocycles. The number of anilines is 1. The van der Waals surface area contributed by atoms with E-state index in [9.17, 15) is 24.6 Å². The van der Waals surface area contributed by atoms with Crippen molar-refractivity contribution >= 4 is 34.9 Å². The monoisotopic (exact) mass is 809 g/mol. The summed E-state index contributed by atoms with van der Waals surface area (Å²) in [4.78, 5) is 53.6. The minimum Gasteiger partial charge on any atom is -0.481 e. The van der Waals surface area contributed by atoms with Crippen LogP contribution in [-0.2, 0) is 51.2 Å². The molecule has 308 valence electrons. The van der Waals surface area contributed by atoms with Gasteiger partial charge in [-0.25, -0.2) is 9.97 Å². The first-order valence-electron chi connectivity index (χ1n) is 21.1. The van der Waals surface area contributed by atoms with E-state index in [1.807, 2.05) is 60.5 Å². The molecular formula is C45H56ClN7O5. The van der Waals surface area contributed by atoms with Gasteiger partial charge in [-0.1, -0.05) is 41.9 Å². The minimum absolute atomic E-state index is 0.0302. The van der Waals surface area contributed by atoms with Gasteiger partial charge in [0.2, 0.25) is 5.78 Å². The maximum atomic E-state index is 13.9. The second kappa shape index (κ2) is 17.1. The molecule has 1 amide bonds. The van der Waals surface area contributed by atoms with Crippen molar-refractivity contribution in [3.8, 4) is 11.1 Å². The Bertz CT molecular complexity index is 2200. The van der Waals surface area contributed by atoms with Gasteiger partial charge < -0.3 is 24.7 Å². The van der Waals surface area contributed by atoms with Crippen molar-refractivity contribution < 1.29 is 24.6 Å². The van der Waals surface area contributed by atoms with Crippen molar-refractivity contribution in [2.45, 2.75) is 109 Å². The number of carbonyl (C=O) groups is 3. The number of carbonyl (C=O) groups excluding carboxylic acids is 2. The number of hydrogen-bond acceptors (Lipinski definition) is 8. The number of benzene rings is 2. The number of imidazole rings is 2. The maximum Gasteiger partial charge on any atom is 0.306 e. The average molecular weight is 810 g/mol. The summed E-state index contributed by atoms with van der Waals surface area (Å²) in [6.45, 7) is 6.20. The molecule has 2 fully saturated rings. The van der Waals surface area contributed by atoms with Crippen LogP contribution in [0.4, 0.5) is 5.69 Å². The Balaban J connectivity index is 0.917. The second-order valence-corrected chi connectivity index (χ2v) is 17.5. The quantitative estimate of drug-likeness (QED) is 0.140. The molecule has 2 aromatic carbocycles. The molecule has 4 heterocycles. The van der Waals surface area contributed by atoms with E-state index in [4.69, 9.17) is 21.6 Å². The van der Waals surface area contributed by atoms with Crippen LogP contribution in [0.3, 0.4) is 0 Å². The van der Waals surface area contributed by atoms with E-state index < -0.39 is 5.97 Å². The molecule has 4 aliphatic rings. The van der Waals surface area contributed by atoms with E-state index >= 15 is 0 Å². The Hall–Kier alpha value is -4.36. The van der Waals surface area contributed by atoms with Crippen molar-refractivity contribution in [2.75, 3.05) is 25.0 Å². The number of fused-ring (bicyclic) bond motifs is 2. The van der Waals surface area contributed by atoms with Crippen LogP contribution in [-0.4, -0.2) is 88.6 Å². The zero-order chi connectivity index (χ0) is 40.7. The number of carboxylic acids is 1. The third-order valence-electron chi connectivity index (χ3n) is 13.6. The fourth-order valence-corrected chi connectivity index (χ4v) is 10.3. The summed E-state index contributed by atoms with van der Waals surface area (Å²) < 4.78 is 3.88. The number of amides is 1. The number of halogens is 1. The highest BCUT2D eigenvalue weighted by molar-refractivity contribution is 6.36. The molecule has 2 aromatic heterocycles. The molecular weight excluding hydrogens is 754 g/mol. The summed E-state index contributed by atoms with van der Waals surface area (Å²) in [5.74, 6) is 0.174. The van der Waals surface area contributed by atoms with Gasteiger partial charge in [0.05, 0.1) is 34.1 Å². The van der Waals surface area contributed by atoms with Gasteiger partial charge in [0.25, 0.3) is 5.91 Å². The lowest BCUT2D eigenvalue weighted by atomic mass is 9.80. The van der Waals surface area contributed by atoms with E-state index in [2.05, 4.69) is 15.1 Å². The van der Waals surface area contributed by atoms with Gasteiger partial charge in [-0.15, -0.1) is 0 Å². The van der Waals surface area contributed by atoms with E-state index in [1.54, 1.807) is 6.07 Å². The number of aliphatic hydroxyl groups excluding tert-OH is 1. The van der Waals surface area contributed by atoms with Gasteiger partial charge in [-0.3, -0.25) is 24.2 Å². The number of aliphatic carboxylic acids is 1. The standard InChI is InChI=1S/C45H56ClN7O5/c1-27-30(24-40(55)42-47-37-26-53(23-20-39(37)50(42)2)31-14-16-32(54)17-15-31)6-4-7-33(27)34-8-5-9-35(41(34)46)49-44(56)43-48-36-25-52(22-19-38(36)51(43)3)21-18-28-10-12-29(13-11-28)45(57)58/h4-9,28-29,31-32,54H,10-26H2,1-3H3,(H,49,56)(H,57,58). The second-order valence-electron chi connectivity index (χ2n) is 17.1. The highest BCUT2D eigenvalue weighted by Crippen LogP contribution is 2.37. The first kappa shape index (κ1) is 40.4. The fraction of sp³-hybridized carbons (Fsp3) is 0.533. The predicted octanol–water partition coefficient (Wildman–Crippen LogP) is 6.76. The molecule has 4 aromatic rings. The van der Waals surface area contributed by atoms with Gasteiger partial charge in [0, 0.05) is 82.5 Å². The van der Waals surface area contributed by atoms with Crippen molar-refractivity contribution in [3.05, 3.63) is 87.0 Å². The molecule has 0 atom stereocenters. The topological polar surface area (TPSA) is 146 Å². The first-order chi connectivity index (χ1) is 27.9. The summed E-state index contributed by atoms with van der Waals surface area (Å²) >= 11 is 7.06. The normalized spacial score (nSPS) is 22.6. The van der Waals surface area contributed by atoms with E-state index in [-0.39, 0.29) is 30.1 Å². The number of nitrogens with one attached hydrogen (secondary N) is 1. The summed E-state index contributed by atoms with van der Waals surface area (Å²) in [5, 5.41) is 22.8. The van der Waals surface area contributed by atoms with Crippen LogP contribution < -0.4 is 5.32 Å². The van der Waals surface area contributed by atoms with Crippen LogP contribution in [0.15, 0.2) is 36.4 Å². The van der Waals surface area contributed by atoms with E-state index in [1.165, 1.54) is 0 Å². The van der Waals surface area contributed by atoms with Gasteiger partial charge in [0.15, 0.2) is 11.6 Å². The Morgan fingerprint density at radius 2 is 1.48 bits per heavy atom. The van der Waals surface area contributed by atoms with Crippen LogP contribution in [0.5, 0.6) is 0 Å². The molecule has 0 spiro atoms. The number of carboxylic acid groups (broad SMARTS) is 1. The molecule has 0 bridgehead atoms. The van der Waals surface area contributed by atoms with Crippen LogP contribution in [0.25, 0.3) is 11.1 Å². The van der Waals surface area contributed by atoms with Crippen LogP contribution in [0, 0.1) is 18.8 Å². The number of Topliss-reactive ketones (excluding diaryl/α,β-unsaturated/α-hetero) is 1. The Morgan fingerprint density at radius 1 is 0.828 bits per heavy atom. The van der Waals surface area contributed by atoms with Gasteiger partial charge in [-0.05, 0) is 99.9 Å². The first-order valence-corrected chi connectivity index (χ1v) is 21.5. The number of rotatable bonds is 11. The lowest BCUT2D eigenvalue weighted by Crippen LogP contribution is -2.42. The van der Waals surface area contributed by atoms with Crippen LogP contribution in [0.1, 0.15) is 113 Å². The molecule has 2 aliphatic carbocycles. The number of aromatic nitrogens is 4. The van der Waals surface area contributed by atoms with Gasteiger partial charge in [-0.2, -0.15) is 0 Å². The number of ketones is 1. The fourth-order valence-electron chi connectivity index (χ4n) is 10.0. The molecule has 8 rings (SSSR count). The van der Waals surface area contributed by atoms with Gasteiger partial charge >= 0.3 is 5.97 Å². The summed E-state index contributed by atoms with van der Waals surface area (Å²) in [6, 6.07) is 12.0. The molecule has 0 unspecified atom stereocenters. The molecule has 13 heteroatoms. The highest BCUT2D eigenvalue weighted by Gasteiger charge is 2.32. The third kappa shape index (κ3) is 8.26. The summed E-state index contributed by atoms with van der Waals surface area (Å²) in [6.07, 6.45) is 9.90. The van der Waals surface area contributed by atoms with Crippen molar-refractivity contribution in [3.63, 3.8) is 0 Å². The average Bonchev–Trinajstić information content (AvgIpc) is 3.74. The van der Waals surface area contributed by atoms with E-state index in [0.717, 1.165) is 142 Å². The zero-order valence-corrected chi connectivity index (χ0v) is 34.7. The predicted molar refractivity (Wildman–Crippen MR) is 223 cm³/mol. The molecule has 58 heavy (non-hydrogen) atoms. The minimum atomic E-state index is -0.664. The summed E-state index contributed by atoms with van der Waals surface area (Å²) in [5.41, 5.74) is 8.09.